The highest BCUT2D eigenvalue weighted by Gasteiger charge is 2.43. The summed E-state index contributed by atoms with van der Waals surface area (Å²) in [6.45, 7) is 4.26. The van der Waals surface area contributed by atoms with Crippen molar-refractivity contribution in [2.24, 2.45) is 22.2 Å². The average molecular weight is 253 g/mol. The van der Waals surface area contributed by atoms with Crippen LogP contribution in [0.15, 0.2) is 5.16 Å². The summed E-state index contributed by atoms with van der Waals surface area (Å²) in [6.07, 6.45) is 5.85. The summed E-state index contributed by atoms with van der Waals surface area (Å²) >= 11 is 0. The zero-order valence-corrected chi connectivity index (χ0v) is 11.2. The molecule has 18 heavy (non-hydrogen) atoms. The number of nitrogens with two attached hydrogens (primary N) is 1. The van der Waals surface area contributed by atoms with Gasteiger partial charge in [0.15, 0.2) is 5.84 Å². The van der Waals surface area contributed by atoms with E-state index in [1.165, 1.54) is 19.3 Å². The maximum atomic E-state index is 12.6. The molecule has 0 spiro atoms. The summed E-state index contributed by atoms with van der Waals surface area (Å²) in [6, 6.07) is 0.372. The summed E-state index contributed by atoms with van der Waals surface area (Å²) < 4.78 is 0. The molecular formula is C13H23N3O2. The molecule has 102 valence electrons. The Kier molecular flexibility index (Phi) is 3.50. The highest BCUT2D eigenvalue weighted by Crippen LogP contribution is 2.38. The molecule has 5 heteroatoms. The van der Waals surface area contributed by atoms with Gasteiger partial charge in [-0.25, -0.2) is 0 Å². The van der Waals surface area contributed by atoms with Crippen LogP contribution in [0.4, 0.5) is 0 Å². The number of likely N-dealkylation sites (tertiary alicyclic amines) is 1. The van der Waals surface area contributed by atoms with Crippen molar-refractivity contribution in [1.29, 1.82) is 0 Å². The Bertz CT molecular complexity index is 365. The molecule has 1 amide bonds. The van der Waals surface area contributed by atoms with Gasteiger partial charge >= 0.3 is 0 Å². The number of amidine groups is 1. The van der Waals surface area contributed by atoms with Crippen molar-refractivity contribution in [2.45, 2.75) is 52.0 Å². The lowest BCUT2D eigenvalue weighted by molar-refractivity contribution is -0.141. The number of fused-ring (bicyclic) bond motifs is 1. The van der Waals surface area contributed by atoms with E-state index in [1.54, 1.807) is 13.8 Å². The summed E-state index contributed by atoms with van der Waals surface area (Å²) in [7, 11) is 0. The summed E-state index contributed by atoms with van der Waals surface area (Å²) in [5.41, 5.74) is 4.73. The van der Waals surface area contributed by atoms with Gasteiger partial charge < -0.3 is 15.8 Å². The van der Waals surface area contributed by atoms with Crippen molar-refractivity contribution < 1.29 is 10.0 Å². The number of carbonyl (C=O) groups is 1. The Hall–Kier alpha value is -1.26. The maximum Gasteiger partial charge on any atom is 0.236 e. The Morgan fingerprint density at radius 1 is 1.33 bits per heavy atom. The standard InChI is InChI=1S/C13H23N3O2/c1-13(2,11(14)15-18)12(17)16-8-4-6-9-5-3-7-10(9)16/h9-10,18H,3-8H2,1-2H3,(H2,14,15). The minimum Gasteiger partial charge on any atom is -0.409 e. The van der Waals surface area contributed by atoms with Crippen molar-refractivity contribution in [3.63, 3.8) is 0 Å². The second-order valence-electron chi connectivity index (χ2n) is 6.01. The molecule has 0 bridgehead atoms. The first kappa shape index (κ1) is 13.2. The predicted molar refractivity (Wildman–Crippen MR) is 69.3 cm³/mol. The number of nitrogens with zero attached hydrogens (tertiary/aromatic N) is 2. The molecule has 2 rings (SSSR count). The molecule has 5 nitrogen and oxygen atoms in total. The van der Waals surface area contributed by atoms with Crippen molar-refractivity contribution in [2.75, 3.05) is 6.54 Å². The van der Waals surface area contributed by atoms with Gasteiger partial charge in [-0.3, -0.25) is 4.79 Å². The maximum absolute atomic E-state index is 12.6. The third kappa shape index (κ3) is 2.06. The molecule has 3 N–H and O–H groups in total. The zero-order chi connectivity index (χ0) is 13.3. The van der Waals surface area contributed by atoms with E-state index < -0.39 is 5.41 Å². The Morgan fingerprint density at radius 2 is 2.00 bits per heavy atom. The van der Waals surface area contributed by atoms with Gasteiger partial charge in [0, 0.05) is 12.6 Å². The van der Waals surface area contributed by atoms with Crippen LogP contribution in [0.25, 0.3) is 0 Å². The van der Waals surface area contributed by atoms with Crippen LogP contribution in [-0.2, 0) is 4.79 Å². The van der Waals surface area contributed by atoms with E-state index in [2.05, 4.69) is 5.16 Å². The first-order valence-corrected chi connectivity index (χ1v) is 6.77. The van der Waals surface area contributed by atoms with E-state index in [4.69, 9.17) is 10.9 Å². The second-order valence-corrected chi connectivity index (χ2v) is 6.01. The van der Waals surface area contributed by atoms with Gasteiger partial charge in [-0.15, -0.1) is 0 Å². The largest absolute Gasteiger partial charge is 0.409 e. The third-order valence-corrected chi connectivity index (χ3v) is 4.54. The number of rotatable bonds is 2. The van der Waals surface area contributed by atoms with E-state index in [-0.39, 0.29) is 11.7 Å². The fourth-order valence-corrected chi connectivity index (χ4v) is 3.30. The van der Waals surface area contributed by atoms with Crippen molar-refractivity contribution >= 4 is 11.7 Å². The van der Waals surface area contributed by atoms with Crippen molar-refractivity contribution in [1.82, 2.24) is 4.90 Å². The lowest BCUT2D eigenvalue weighted by Gasteiger charge is -2.41. The smallest absolute Gasteiger partial charge is 0.236 e. The number of piperidine rings is 1. The molecule has 0 aromatic rings. The number of hydrogen-bond acceptors (Lipinski definition) is 3. The van der Waals surface area contributed by atoms with Crippen LogP contribution in [0.1, 0.15) is 46.0 Å². The molecule has 2 fully saturated rings. The number of oxime groups is 1. The monoisotopic (exact) mass is 253 g/mol. The zero-order valence-electron chi connectivity index (χ0n) is 11.2. The van der Waals surface area contributed by atoms with E-state index in [9.17, 15) is 4.79 Å². The van der Waals surface area contributed by atoms with Crippen LogP contribution in [-0.4, -0.2) is 34.4 Å². The molecule has 2 atom stereocenters. The van der Waals surface area contributed by atoms with Crippen LogP contribution >= 0.6 is 0 Å². The summed E-state index contributed by atoms with van der Waals surface area (Å²) in [5, 5.41) is 11.8. The molecule has 1 aliphatic heterocycles. The molecule has 1 saturated carbocycles. The summed E-state index contributed by atoms with van der Waals surface area (Å²) in [5.74, 6) is 0.646. The molecule has 1 saturated heterocycles. The predicted octanol–water partition coefficient (Wildman–Crippen LogP) is 1.55. The van der Waals surface area contributed by atoms with Gasteiger partial charge in [0.05, 0.1) is 0 Å². The Balaban J connectivity index is 2.17. The molecule has 1 aliphatic carbocycles. The molecule has 2 aliphatic rings. The lowest BCUT2D eigenvalue weighted by atomic mass is 9.85. The highest BCUT2D eigenvalue weighted by molar-refractivity contribution is 6.06. The molecule has 2 unspecified atom stereocenters. The fraction of sp³-hybridized carbons (Fsp3) is 0.846. The fourth-order valence-electron chi connectivity index (χ4n) is 3.30. The lowest BCUT2D eigenvalue weighted by Crippen LogP contribution is -2.54. The van der Waals surface area contributed by atoms with Gasteiger partial charge in [0.25, 0.3) is 0 Å². The SMILES string of the molecule is CC(C)(C(=O)N1CCCC2CCCC21)C(N)=NO. The van der Waals surface area contributed by atoms with Gasteiger partial charge in [0.2, 0.25) is 5.91 Å². The van der Waals surface area contributed by atoms with Crippen LogP contribution in [0.2, 0.25) is 0 Å². The van der Waals surface area contributed by atoms with Gasteiger partial charge in [-0.05, 0) is 45.4 Å². The summed E-state index contributed by atoms with van der Waals surface area (Å²) in [4.78, 5) is 14.6. The second kappa shape index (κ2) is 4.78. The average Bonchev–Trinajstić information content (AvgIpc) is 2.84. The van der Waals surface area contributed by atoms with Gasteiger partial charge in [-0.1, -0.05) is 11.6 Å². The third-order valence-electron chi connectivity index (χ3n) is 4.54. The number of carbonyl (C=O) groups excluding carboxylic acids is 1. The minimum atomic E-state index is -0.917. The first-order chi connectivity index (χ1) is 8.48. The van der Waals surface area contributed by atoms with Gasteiger partial charge in [0.1, 0.15) is 5.41 Å². The van der Waals surface area contributed by atoms with E-state index in [1.807, 2.05) is 4.90 Å². The van der Waals surface area contributed by atoms with E-state index >= 15 is 0 Å². The quantitative estimate of drug-likeness (QED) is 0.339. The van der Waals surface area contributed by atoms with Crippen molar-refractivity contribution in [3.8, 4) is 0 Å². The molecule has 0 aromatic heterocycles. The van der Waals surface area contributed by atoms with Crippen LogP contribution in [0, 0.1) is 11.3 Å². The molecule has 0 radical (unpaired) electrons. The number of hydrogen-bond donors (Lipinski definition) is 2. The van der Waals surface area contributed by atoms with Gasteiger partial charge in [-0.2, -0.15) is 0 Å². The van der Waals surface area contributed by atoms with Crippen LogP contribution in [0.5, 0.6) is 0 Å². The Labute approximate surface area is 108 Å². The van der Waals surface area contributed by atoms with E-state index in [0.29, 0.717) is 12.0 Å². The molecule has 0 aromatic carbocycles. The first-order valence-electron chi connectivity index (χ1n) is 6.77. The van der Waals surface area contributed by atoms with E-state index in [0.717, 1.165) is 19.4 Å². The topological polar surface area (TPSA) is 78.9 Å². The molecular weight excluding hydrogens is 230 g/mol. The van der Waals surface area contributed by atoms with Crippen LogP contribution < -0.4 is 5.73 Å². The molecule has 1 heterocycles. The number of amides is 1. The normalized spacial score (nSPS) is 29.2. The Morgan fingerprint density at radius 3 is 2.67 bits per heavy atom. The van der Waals surface area contributed by atoms with Crippen LogP contribution in [0.3, 0.4) is 0 Å². The highest BCUT2D eigenvalue weighted by atomic mass is 16.4. The minimum absolute atomic E-state index is 0.00519. The van der Waals surface area contributed by atoms with Crippen molar-refractivity contribution in [3.05, 3.63) is 0 Å².